The molecule has 1 atom stereocenters. The Kier molecular flexibility index (Phi) is 3.39. The largest absolute Gasteiger partial charge is 0.299 e. The third kappa shape index (κ3) is 2.67. The molecular formula is C14H21N3. The monoisotopic (exact) mass is 231 g/mol. The average Bonchev–Trinajstić information content (AvgIpc) is 2.33. The van der Waals surface area contributed by atoms with Crippen LogP contribution >= 0.6 is 0 Å². The van der Waals surface area contributed by atoms with E-state index in [9.17, 15) is 0 Å². The molecule has 3 nitrogen and oxygen atoms in total. The smallest absolute Gasteiger partial charge is 0.0312 e. The molecule has 0 N–H and O–H groups in total. The van der Waals surface area contributed by atoms with E-state index in [1.165, 1.54) is 51.0 Å². The number of pyridine rings is 1. The number of fused-ring (bicyclic) bond motifs is 1. The molecule has 2 aliphatic heterocycles. The summed E-state index contributed by atoms with van der Waals surface area (Å²) in [5.74, 6) is 0. The normalized spacial score (nSPS) is 26.7. The van der Waals surface area contributed by atoms with Crippen molar-refractivity contribution in [3.63, 3.8) is 0 Å². The summed E-state index contributed by atoms with van der Waals surface area (Å²) < 4.78 is 0. The van der Waals surface area contributed by atoms with Crippen LogP contribution < -0.4 is 0 Å². The van der Waals surface area contributed by atoms with Gasteiger partial charge in [0.1, 0.15) is 0 Å². The van der Waals surface area contributed by atoms with E-state index in [1.807, 2.05) is 18.5 Å². The minimum absolute atomic E-state index is 0.826. The Labute approximate surface area is 103 Å². The van der Waals surface area contributed by atoms with Gasteiger partial charge in [0.05, 0.1) is 0 Å². The molecule has 17 heavy (non-hydrogen) atoms. The van der Waals surface area contributed by atoms with Gasteiger partial charge in [-0.3, -0.25) is 14.8 Å². The molecule has 0 aromatic carbocycles. The van der Waals surface area contributed by atoms with E-state index < -0.39 is 0 Å². The highest BCUT2D eigenvalue weighted by molar-refractivity contribution is 5.08. The molecule has 0 amide bonds. The molecule has 2 aliphatic rings. The SMILES string of the molecule is c1cncc(CN2CCCCN3CCC3C2)c1. The van der Waals surface area contributed by atoms with Gasteiger partial charge in [-0.15, -0.1) is 0 Å². The molecule has 0 radical (unpaired) electrons. The Morgan fingerprint density at radius 3 is 2.94 bits per heavy atom. The van der Waals surface area contributed by atoms with Gasteiger partial charge in [-0.2, -0.15) is 0 Å². The van der Waals surface area contributed by atoms with Gasteiger partial charge in [0, 0.05) is 38.1 Å². The Morgan fingerprint density at radius 1 is 1.24 bits per heavy atom. The predicted molar refractivity (Wildman–Crippen MR) is 68.7 cm³/mol. The van der Waals surface area contributed by atoms with Gasteiger partial charge in [-0.05, 0) is 44.0 Å². The summed E-state index contributed by atoms with van der Waals surface area (Å²) in [5.41, 5.74) is 1.35. The first-order valence-electron chi connectivity index (χ1n) is 6.77. The van der Waals surface area contributed by atoms with Crippen molar-refractivity contribution < 1.29 is 0 Å². The van der Waals surface area contributed by atoms with Crippen LogP contribution in [-0.2, 0) is 6.54 Å². The van der Waals surface area contributed by atoms with E-state index in [4.69, 9.17) is 0 Å². The van der Waals surface area contributed by atoms with Crippen LogP contribution in [0.2, 0.25) is 0 Å². The maximum atomic E-state index is 4.20. The van der Waals surface area contributed by atoms with Crippen LogP contribution in [0.15, 0.2) is 24.5 Å². The molecule has 3 heteroatoms. The lowest BCUT2D eigenvalue weighted by atomic mass is 9.99. The lowest BCUT2D eigenvalue weighted by Gasteiger charge is -2.45. The second-order valence-corrected chi connectivity index (χ2v) is 5.28. The summed E-state index contributed by atoms with van der Waals surface area (Å²) in [7, 11) is 0. The van der Waals surface area contributed by atoms with Crippen molar-refractivity contribution in [3.05, 3.63) is 30.1 Å². The van der Waals surface area contributed by atoms with Crippen molar-refractivity contribution >= 4 is 0 Å². The molecule has 0 saturated carbocycles. The summed E-state index contributed by atoms with van der Waals surface area (Å²) in [6, 6.07) is 5.05. The van der Waals surface area contributed by atoms with E-state index in [-0.39, 0.29) is 0 Å². The van der Waals surface area contributed by atoms with Gasteiger partial charge in [-0.1, -0.05) is 6.07 Å². The first kappa shape index (κ1) is 11.2. The first-order chi connectivity index (χ1) is 8.42. The summed E-state index contributed by atoms with van der Waals surface area (Å²) in [5, 5.41) is 0. The fourth-order valence-corrected chi connectivity index (χ4v) is 2.93. The van der Waals surface area contributed by atoms with Crippen molar-refractivity contribution in [2.75, 3.05) is 26.2 Å². The second kappa shape index (κ2) is 5.15. The summed E-state index contributed by atoms with van der Waals surface area (Å²) >= 11 is 0. The van der Waals surface area contributed by atoms with Gasteiger partial charge < -0.3 is 0 Å². The highest BCUT2D eigenvalue weighted by Gasteiger charge is 2.30. The topological polar surface area (TPSA) is 19.4 Å². The summed E-state index contributed by atoms with van der Waals surface area (Å²) in [6.07, 6.45) is 7.94. The average molecular weight is 231 g/mol. The van der Waals surface area contributed by atoms with Gasteiger partial charge in [-0.25, -0.2) is 0 Å². The minimum Gasteiger partial charge on any atom is -0.299 e. The first-order valence-corrected chi connectivity index (χ1v) is 6.77. The highest BCUT2D eigenvalue weighted by atomic mass is 15.3. The van der Waals surface area contributed by atoms with Crippen LogP contribution in [0.25, 0.3) is 0 Å². The number of rotatable bonds is 2. The van der Waals surface area contributed by atoms with Crippen LogP contribution in [0.1, 0.15) is 24.8 Å². The molecular weight excluding hydrogens is 210 g/mol. The van der Waals surface area contributed by atoms with Gasteiger partial charge in [0.25, 0.3) is 0 Å². The quantitative estimate of drug-likeness (QED) is 0.773. The molecule has 1 aromatic heterocycles. The Balaban J connectivity index is 1.61. The molecule has 2 saturated heterocycles. The molecule has 1 aromatic rings. The summed E-state index contributed by atoms with van der Waals surface area (Å²) in [4.78, 5) is 9.46. The molecule has 0 aliphatic carbocycles. The molecule has 0 spiro atoms. The third-order valence-corrected chi connectivity index (χ3v) is 4.03. The maximum absolute atomic E-state index is 4.20. The lowest BCUT2D eigenvalue weighted by Crippen LogP contribution is -2.54. The zero-order chi connectivity index (χ0) is 11.5. The van der Waals surface area contributed by atoms with Crippen LogP contribution in [0.5, 0.6) is 0 Å². The van der Waals surface area contributed by atoms with Crippen molar-refractivity contribution in [1.29, 1.82) is 0 Å². The zero-order valence-electron chi connectivity index (χ0n) is 10.4. The fraction of sp³-hybridized carbons (Fsp3) is 0.643. The number of hydrogen-bond acceptors (Lipinski definition) is 3. The van der Waals surface area contributed by atoms with Crippen molar-refractivity contribution in [1.82, 2.24) is 14.8 Å². The van der Waals surface area contributed by atoms with Crippen molar-refractivity contribution in [3.8, 4) is 0 Å². The Hall–Kier alpha value is -0.930. The molecule has 1 unspecified atom stereocenters. The highest BCUT2D eigenvalue weighted by Crippen LogP contribution is 2.22. The maximum Gasteiger partial charge on any atom is 0.0312 e. The van der Waals surface area contributed by atoms with E-state index in [2.05, 4.69) is 20.9 Å². The van der Waals surface area contributed by atoms with Gasteiger partial charge in [0.2, 0.25) is 0 Å². The molecule has 92 valence electrons. The van der Waals surface area contributed by atoms with Crippen LogP contribution in [0.4, 0.5) is 0 Å². The van der Waals surface area contributed by atoms with E-state index in [0.29, 0.717) is 0 Å². The van der Waals surface area contributed by atoms with Gasteiger partial charge >= 0.3 is 0 Å². The molecule has 0 bridgehead atoms. The summed E-state index contributed by atoms with van der Waals surface area (Å²) in [6.45, 7) is 6.21. The number of nitrogens with zero attached hydrogens (tertiary/aromatic N) is 3. The van der Waals surface area contributed by atoms with Crippen LogP contribution in [0.3, 0.4) is 0 Å². The van der Waals surface area contributed by atoms with Crippen molar-refractivity contribution in [2.45, 2.75) is 31.8 Å². The molecule has 3 heterocycles. The van der Waals surface area contributed by atoms with E-state index in [1.54, 1.807) is 0 Å². The van der Waals surface area contributed by atoms with Crippen LogP contribution in [0, 0.1) is 0 Å². The Bertz CT molecular complexity index is 352. The fourth-order valence-electron chi connectivity index (χ4n) is 2.93. The predicted octanol–water partition coefficient (Wildman–Crippen LogP) is 1.75. The number of hydrogen-bond donors (Lipinski definition) is 0. The van der Waals surface area contributed by atoms with Crippen molar-refractivity contribution in [2.24, 2.45) is 0 Å². The molecule has 3 rings (SSSR count). The number of aromatic nitrogens is 1. The van der Waals surface area contributed by atoms with Crippen LogP contribution in [-0.4, -0.2) is 47.0 Å². The standard InChI is InChI=1S/C14H21N3/c1-2-8-17-9-5-14(17)12-16(7-1)11-13-4-3-6-15-10-13/h3-4,6,10,14H,1-2,5,7-9,11-12H2. The molecule has 2 fully saturated rings. The third-order valence-electron chi connectivity index (χ3n) is 4.03. The lowest BCUT2D eigenvalue weighted by molar-refractivity contribution is 0.0379. The zero-order valence-corrected chi connectivity index (χ0v) is 10.4. The Morgan fingerprint density at radius 2 is 2.18 bits per heavy atom. The second-order valence-electron chi connectivity index (χ2n) is 5.28. The minimum atomic E-state index is 0.826. The van der Waals surface area contributed by atoms with E-state index >= 15 is 0 Å². The van der Waals surface area contributed by atoms with E-state index in [0.717, 1.165) is 12.6 Å². The van der Waals surface area contributed by atoms with Gasteiger partial charge in [0.15, 0.2) is 0 Å².